The van der Waals surface area contributed by atoms with Crippen molar-refractivity contribution in [3.63, 3.8) is 0 Å². The highest BCUT2D eigenvalue weighted by Gasteiger charge is 2.45. The summed E-state index contributed by atoms with van der Waals surface area (Å²) in [5.41, 5.74) is 0.256. The Kier molecular flexibility index (Phi) is 1.82. The molecule has 0 aliphatic heterocycles. The molecule has 0 radical (unpaired) electrons. The minimum absolute atomic E-state index is 0.256. The van der Waals surface area contributed by atoms with Gasteiger partial charge in [0.05, 0.1) is 0 Å². The molecule has 0 aromatic carbocycles. The van der Waals surface area contributed by atoms with Gasteiger partial charge in [-0.25, -0.2) is 0 Å². The minimum atomic E-state index is 0.256. The summed E-state index contributed by atoms with van der Waals surface area (Å²) in [5.74, 6) is 0.311. The van der Waals surface area contributed by atoms with E-state index < -0.39 is 0 Å². The maximum atomic E-state index is 10.8. The van der Waals surface area contributed by atoms with E-state index in [2.05, 4.69) is 19.0 Å². The molecule has 1 fully saturated rings. The molecule has 0 aromatic rings. The molecule has 1 saturated carbocycles. The normalized spacial score (nSPS) is 21.2. The number of nitrogens with zero attached hydrogens (tertiary/aromatic N) is 1. The van der Waals surface area contributed by atoms with Crippen LogP contribution in [0, 0.1) is 0 Å². The zero-order chi connectivity index (χ0) is 7.78. The van der Waals surface area contributed by atoms with Crippen molar-refractivity contribution in [2.45, 2.75) is 31.7 Å². The molecule has 0 N–H and O–H groups in total. The highest BCUT2D eigenvalue weighted by molar-refractivity contribution is 5.77. The van der Waals surface area contributed by atoms with Crippen LogP contribution in [0.1, 0.15) is 26.2 Å². The second-order valence-electron chi connectivity index (χ2n) is 3.50. The predicted molar refractivity (Wildman–Crippen MR) is 41.0 cm³/mol. The van der Waals surface area contributed by atoms with Crippen molar-refractivity contribution in [2.24, 2.45) is 0 Å². The molecule has 1 aliphatic carbocycles. The first-order valence-electron chi connectivity index (χ1n) is 3.74. The summed E-state index contributed by atoms with van der Waals surface area (Å²) in [6.45, 7) is 1.67. The monoisotopic (exact) mass is 141 g/mol. The van der Waals surface area contributed by atoms with Crippen LogP contribution in [0.2, 0.25) is 0 Å². The summed E-state index contributed by atoms with van der Waals surface area (Å²) in [5, 5.41) is 0. The van der Waals surface area contributed by atoms with Crippen LogP contribution < -0.4 is 0 Å². The number of carbonyl (C=O) groups is 1. The molecule has 0 spiro atoms. The van der Waals surface area contributed by atoms with Crippen molar-refractivity contribution in [1.29, 1.82) is 0 Å². The van der Waals surface area contributed by atoms with Crippen LogP contribution >= 0.6 is 0 Å². The van der Waals surface area contributed by atoms with Gasteiger partial charge in [0.1, 0.15) is 5.78 Å². The molecule has 1 rings (SSSR count). The topological polar surface area (TPSA) is 20.3 Å². The summed E-state index contributed by atoms with van der Waals surface area (Å²) in [7, 11) is 4.10. The van der Waals surface area contributed by atoms with E-state index in [0.717, 1.165) is 6.42 Å². The highest BCUT2D eigenvalue weighted by Crippen LogP contribution is 2.43. The van der Waals surface area contributed by atoms with Gasteiger partial charge in [-0.15, -0.1) is 0 Å². The third kappa shape index (κ3) is 1.37. The van der Waals surface area contributed by atoms with E-state index in [0.29, 0.717) is 5.78 Å². The van der Waals surface area contributed by atoms with Crippen LogP contribution in [0.4, 0.5) is 0 Å². The van der Waals surface area contributed by atoms with Crippen LogP contribution in [0.3, 0.4) is 0 Å². The predicted octanol–water partition coefficient (Wildman–Crippen LogP) is 1.06. The summed E-state index contributed by atoms with van der Waals surface area (Å²) >= 11 is 0. The number of Topliss-reactive ketones (excluding diaryl/α,β-unsaturated/α-hetero) is 1. The number of rotatable bonds is 3. The van der Waals surface area contributed by atoms with Gasteiger partial charge in [-0.1, -0.05) is 0 Å². The summed E-state index contributed by atoms with van der Waals surface area (Å²) in [6, 6.07) is 0. The highest BCUT2D eigenvalue weighted by atomic mass is 16.1. The Labute approximate surface area is 62.2 Å². The van der Waals surface area contributed by atoms with Crippen molar-refractivity contribution in [2.75, 3.05) is 14.1 Å². The van der Waals surface area contributed by atoms with Crippen molar-refractivity contribution >= 4 is 5.78 Å². The molecule has 0 aromatic heterocycles. The van der Waals surface area contributed by atoms with E-state index in [-0.39, 0.29) is 5.54 Å². The lowest BCUT2D eigenvalue weighted by Crippen LogP contribution is -2.31. The van der Waals surface area contributed by atoms with Gasteiger partial charge in [0.15, 0.2) is 0 Å². The maximum Gasteiger partial charge on any atom is 0.131 e. The van der Waals surface area contributed by atoms with E-state index in [9.17, 15) is 4.79 Å². The summed E-state index contributed by atoms with van der Waals surface area (Å²) < 4.78 is 0. The number of ketones is 1. The fourth-order valence-corrected chi connectivity index (χ4v) is 1.39. The van der Waals surface area contributed by atoms with Gasteiger partial charge in [0, 0.05) is 12.0 Å². The van der Waals surface area contributed by atoms with Crippen molar-refractivity contribution in [1.82, 2.24) is 4.90 Å². The number of hydrogen-bond acceptors (Lipinski definition) is 2. The van der Waals surface area contributed by atoms with Gasteiger partial charge in [-0.2, -0.15) is 0 Å². The first-order chi connectivity index (χ1) is 4.57. The Morgan fingerprint density at radius 1 is 1.50 bits per heavy atom. The average molecular weight is 141 g/mol. The van der Waals surface area contributed by atoms with E-state index in [1.165, 1.54) is 12.8 Å². The van der Waals surface area contributed by atoms with E-state index >= 15 is 0 Å². The van der Waals surface area contributed by atoms with Gasteiger partial charge in [0.25, 0.3) is 0 Å². The Hall–Kier alpha value is -0.370. The molecule has 0 unspecified atom stereocenters. The molecule has 2 heteroatoms. The molecule has 0 bridgehead atoms. The smallest absolute Gasteiger partial charge is 0.131 e. The molecule has 2 nitrogen and oxygen atoms in total. The molecule has 10 heavy (non-hydrogen) atoms. The van der Waals surface area contributed by atoms with Gasteiger partial charge in [-0.3, -0.25) is 4.79 Å². The molecule has 0 atom stereocenters. The number of carbonyl (C=O) groups excluding carboxylic acids is 1. The van der Waals surface area contributed by atoms with Crippen LogP contribution in [0.15, 0.2) is 0 Å². The second kappa shape index (κ2) is 2.35. The third-order valence-corrected chi connectivity index (χ3v) is 2.35. The first-order valence-corrected chi connectivity index (χ1v) is 3.74. The SMILES string of the molecule is CC(=O)CC1(N(C)C)CC1. The summed E-state index contributed by atoms with van der Waals surface area (Å²) in [6.07, 6.45) is 3.12. The lowest BCUT2D eigenvalue weighted by atomic mass is 10.1. The Morgan fingerprint density at radius 3 is 2.10 bits per heavy atom. The molecule has 1 aliphatic rings. The van der Waals surface area contributed by atoms with Gasteiger partial charge < -0.3 is 4.90 Å². The van der Waals surface area contributed by atoms with E-state index in [4.69, 9.17) is 0 Å². The lowest BCUT2D eigenvalue weighted by Gasteiger charge is -2.21. The zero-order valence-corrected chi connectivity index (χ0v) is 6.98. The van der Waals surface area contributed by atoms with Crippen molar-refractivity contribution < 1.29 is 4.79 Å². The van der Waals surface area contributed by atoms with Gasteiger partial charge in [0.2, 0.25) is 0 Å². The molecular weight excluding hydrogens is 126 g/mol. The summed E-state index contributed by atoms with van der Waals surface area (Å²) in [4.78, 5) is 13.0. The average Bonchev–Trinajstić information content (AvgIpc) is 2.46. The third-order valence-electron chi connectivity index (χ3n) is 2.35. The van der Waals surface area contributed by atoms with Crippen LogP contribution in [0.5, 0.6) is 0 Å². The molecule has 0 amide bonds. The van der Waals surface area contributed by atoms with Gasteiger partial charge >= 0.3 is 0 Å². The molecule has 0 heterocycles. The van der Waals surface area contributed by atoms with Crippen LogP contribution in [-0.2, 0) is 4.79 Å². The second-order valence-corrected chi connectivity index (χ2v) is 3.50. The van der Waals surface area contributed by atoms with E-state index in [1.54, 1.807) is 6.92 Å². The molecule has 58 valence electrons. The Morgan fingerprint density at radius 2 is 2.00 bits per heavy atom. The number of hydrogen-bond donors (Lipinski definition) is 0. The standard InChI is InChI=1S/C8H15NO/c1-7(10)6-8(4-5-8)9(2)3/h4-6H2,1-3H3. The van der Waals surface area contributed by atoms with Crippen molar-refractivity contribution in [3.05, 3.63) is 0 Å². The largest absolute Gasteiger partial charge is 0.303 e. The zero-order valence-electron chi connectivity index (χ0n) is 6.98. The quantitative estimate of drug-likeness (QED) is 0.585. The fraction of sp³-hybridized carbons (Fsp3) is 0.875. The van der Waals surface area contributed by atoms with Crippen LogP contribution in [-0.4, -0.2) is 30.3 Å². The fourth-order valence-electron chi connectivity index (χ4n) is 1.39. The van der Waals surface area contributed by atoms with Crippen LogP contribution in [0.25, 0.3) is 0 Å². The molecule has 0 saturated heterocycles. The first kappa shape index (κ1) is 7.73. The van der Waals surface area contributed by atoms with E-state index in [1.807, 2.05) is 0 Å². The lowest BCUT2D eigenvalue weighted by molar-refractivity contribution is -0.118. The van der Waals surface area contributed by atoms with Crippen molar-refractivity contribution in [3.8, 4) is 0 Å². The molecular formula is C8H15NO. The minimum Gasteiger partial charge on any atom is -0.303 e. The Bertz CT molecular complexity index is 147. The maximum absolute atomic E-state index is 10.8. The van der Waals surface area contributed by atoms with Gasteiger partial charge in [-0.05, 0) is 33.9 Å². The Balaban J connectivity index is 2.45.